The summed E-state index contributed by atoms with van der Waals surface area (Å²) in [6.07, 6.45) is -1.09. The van der Waals surface area contributed by atoms with Crippen molar-refractivity contribution in [1.82, 2.24) is 14.8 Å². The fraction of sp³-hybridized carbons (Fsp3) is 0.650. The van der Waals surface area contributed by atoms with Crippen molar-refractivity contribution in [2.24, 2.45) is 0 Å². The van der Waals surface area contributed by atoms with Gasteiger partial charge in [0.25, 0.3) is 0 Å². The highest BCUT2D eigenvalue weighted by atomic mass is 35.5. The molecule has 0 bridgehead atoms. The van der Waals surface area contributed by atoms with Crippen LogP contribution in [0.1, 0.15) is 58.8 Å². The van der Waals surface area contributed by atoms with Crippen LogP contribution in [0.15, 0.2) is 12.1 Å². The van der Waals surface area contributed by atoms with Crippen molar-refractivity contribution < 1.29 is 24.2 Å². The Morgan fingerprint density at radius 1 is 1.21 bits per heavy atom. The largest absolute Gasteiger partial charge is 0.444 e. The third-order valence-corrected chi connectivity index (χ3v) is 4.26. The Kier molecular flexibility index (Phi) is 7.01. The molecule has 1 atom stereocenters. The van der Waals surface area contributed by atoms with Gasteiger partial charge >= 0.3 is 12.2 Å². The van der Waals surface area contributed by atoms with E-state index >= 15 is 0 Å². The van der Waals surface area contributed by atoms with Crippen LogP contribution in [0.3, 0.4) is 0 Å². The molecule has 1 aromatic heterocycles. The highest BCUT2D eigenvalue weighted by Gasteiger charge is 2.38. The maximum atomic E-state index is 12.8. The molecule has 9 heteroatoms. The first kappa shape index (κ1) is 23.2. The fourth-order valence-electron chi connectivity index (χ4n) is 2.98. The Hall–Kier alpha value is -2.06. The molecular formula is C20H30ClN3O5. The summed E-state index contributed by atoms with van der Waals surface area (Å²) in [4.78, 5) is 32.8. The standard InChI is InChI=1S/C20H30ClN3O5/c1-19(2,3)28-17(26)23-11-13-7-8-15(21)22-16(13)14(12-23)24(9-10-25)18(27)29-20(4,5)6/h7-8,14,25H,9-12H2,1-6H3. The van der Waals surface area contributed by atoms with Crippen molar-refractivity contribution in [2.75, 3.05) is 19.7 Å². The van der Waals surface area contributed by atoms with Crippen molar-refractivity contribution in [3.8, 4) is 0 Å². The molecule has 162 valence electrons. The second kappa shape index (κ2) is 8.75. The van der Waals surface area contributed by atoms with Crippen LogP contribution < -0.4 is 0 Å². The molecule has 0 aromatic carbocycles. The zero-order valence-corrected chi connectivity index (χ0v) is 18.6. The molecule has 0 radical (unpaired) electrons. The molecule has 0 fully saturated rings. The highest BCUT2D eigenvalue weighted by Crippen LogP contribution is 2.32. The molecule has 0 saturated carbocycles. The second-order valence-electron chi connectivity index (χ2n) is 8.95. The number of hydrogen-bond donors (Lipinski definition) is 1. The first-order chi connectivity index (χ1) is 13.3. The molecule has 29 heavy (non-hydrogen) atoms. The Bertz CT molecular complexity index is 757. The van der Waals surface area contributed by atoms with E-state index in [-0.39, 0.29) is 31.4 Å². The van der Waals surface area contributed by atoms with Crippen molar-refractivity contribution in [3.05, 3.63) is 28.5 Å². The topological polar surface area (TPSA) is 92.2 Å². The van der Waals surface area contributed by atoms with Crippen LogP contribution in [-0.2, 0) is 16.0 Å². The molecule has 1 aliphatic rings. The predicted octanol–water partition coefficient (Wildman–Crippen LogP) is 3.76. The van der Waals surface area contributed by atoms with Gasteiger partial charge < -0.3 is 19.5 Å². The van der Waals surface area contributed by atoms with Crippen LogP contribution in [-0.4, -0.2) is 63.0 Å². The van der Waals surface area contributed by atoms with Gasteiger partial charge in [-0.15, -0.1) is 0 Å². The van der Waals surface area contributed by atoms with Gasteiger partial charge in [0.1, 0.15) is 16.4 Å². The molecule has 1 aromatic rings. The normalized spacial score (nSPS) is 16.8. The number of halogens is 1. The Balaban J connectivity index is 2.41. The van der Waals surface area contributed by atoms with E-state index in [0.29, 0.717) is 5.69 Å². The quantitative estimate of drug-likeness (QED) is 0.738. The molecule has 0 aliphatic carbocycles. The molecule has 2 rings (SSSR count). The third-order valence-electron chi connectivity index (χ3n) is 4.05. The smallest absolute Gasteiger partial charge is 0.411 e. The first-order valence-corrected chi connectivity index (χ1v) is 9.92. The van der Waals surface area contributed by atoms with Crippen LogP contribution in [0, 0.1) is 0 Å². The van der Waals surface area contributed by atoms with E-state index in [1.165, 1.54) is 9.80 Å². The molecule has 1 N–H and O–H groups in total. The third kappa shape index (κ3) is 6.47. The summed E-state index contributed by atoms with van der Waals surface area (Å²) in [7, 11) is 0. The molecule has 8 nitrogen and oxygen atoms in total. The number of nitrogens with zero attached hydrogens (tertiary/aromatic N) is 3. The maximum absolute atomic E-state index is 12.8. The Morgan fingerprint density at radius 2 is 1.83 bits per heavy atom. The number of rotatable bonds is 3. The van der Waals surface area contributed by atoms with Gasteiger partial charge in [0.05, 0.1) is 31.4 Å². The van der Waals surface area contributed by atoms with E-state index in [2.05, 4.69) is 4.98 Å². The van der Waals surface area contributed by atoms with E-state index in [0.717, 1.165) is 5.56 Å². The van der Waals surface area contributed by atoms with Gasteiger partial charge in [0.15, 0.2) is 0 Å². The average molecular weight is 428 g/mol. The van der Waals surface area contributed by atoms with Crippen molar-refractivity contribution in [1.29, 1.82) is 0 Å². The van der Waals surface area contributed by atoms with Crippen molar-refractivity contribution >= 4 is 23.8 Å². The maximum Gasteiger partial charge on any atom is 0.411 e. The Labute approximate surface area is 176 Å². The lowest BCUT2D eigenvalue weighted by Crippen LogP contribution is -2.49. The summed E-state index contributed by atoms with van der Waals surface area (Å²) in [5.74, 6) is 0. The number of aliphatic hydroxyl groups excluding tert-OH is 1. The van der Waals surface area contributed by atoms with Crippen LogP contribution in [0.5, 0.6) is 0 Å². The van der Waals surface area contributed by atoms with Crippen LogP contribution in [0.2, 0.25) is 5.15 Å². The zero-order valence-electron chi connectivity index (χ0n) is 17.9. The lowest BCUT2D eigenvalue weighted by Gasteiger charge is -2.40. The molecule has 0 spiro atoms. The Morgan fingerprint density at radius 3 is 2.38 bits per heavy atom. The minimum absolute atomic E-state index is 0.0232. The minimum Gasteiger partial charge on any atom is -0.444 e. The number of carbonyl (C=O) groups excluding carboxylic acids is 2. The zero-order chi connectivity index (χ0) is 22.0. The molecule has 2 amide bonds. The monoisotopic (exact) mass is 427 g/mol. The number of fused-ring (bicyclic) bond motifs is 1. The van der Waals surface area contributed by atoms with E-state index in [9.17, 15) is 14.7 Å². The molecule has 1 unspecified atom stereocenters. The summed E-state index contributed by atoms with van der Waals surface area (Å²) >= 11 is 6.10. The van der Waals surface area contributed by atoms with Crippen LogP contribution in [0.4, 0.5) is 9.59 Å². The van der Waals surface area contributed by atoms with Gasteiger partial charge in [-0.3, -0.25) is 4.90 Å². The van der Waals surface area contributed by atoms with Gasteiger partial charge in [-0.2, -0.15) is 0 Å². The summed E-state index contributed by atoms with van der Waals surface area (Å²) in [6, 6.07) is 2.78. The summed E-state index contributed by atoms with van der Waals surface area (Å²) in [5.41, 5.74) is -0.0321. The second-order valence-corrected chi connectivity index (χ2v) is 9.34. The number of ether oxygens (including phenoxy) is 2. The van der Waals surface area contributed by atoms with Gasteiger partial charge in [0, 0.05) is 6.54 Å². The van der Waals surface area contributed by atoms with Gasteiger partial charge in [0.2, 0.25) is 0 Å². The van der Waals surface area contributed by atoms with Gasteiger partial charge in [-0.25, -0.2) is 14.6 Å². The van der Waals surface area contributed by atoms with E-state index in [4.69, 9.17) is 21.1 Å². The van der Waals surface area contributed by atoms with E-state index < -0.39 is 29.4 Å². The molecule has 0 saturated heterocycles. The number of aliphatic hydroxyl groups is 1. The highest BCUT2D eigenvalue weighted by molar-refractivity contribution is 6.29. The van der Waals surface area contributed by atoms with Crippen LogP contribution in [0.25, 0.3) is 0 Å². The molecule has 1 aliphatic heterocycles. The number of pyridine rings is 1. The fourth-order valence-corrected chi connectivity index (χ4v) is 3.13. The van der Waals surface area contributed by atoms with E-state index in [1.807, 2.05) is 0 Å². The number of carbonyl (C=O) groups is 2. The SMILES string of the molecule is CC(C)(C)OC(=O)N1Cc2ccc(Cl)nc2C(N(CCO)C(=O)OC(C)(C)C)C1. The lowest BCUT2D eigenvalue weighted by atomic mass is 10.00. The number of aromatic nitrogens is 1. The molecular weight excluding hydrogens is 398 g/mol. The average Bonchev–Trinajstić information content (AvgIpc) is 2.55. The van der Waals surface area contributed by atoms with Gasteiger partial charge in [-0.05, 0) is 53.2 Å². The number of amides is 2. The summed E-state index contributed by atoms with van der Waals surface area (Å²) < 4.78 is 11.0. The van der Waals surface area contributed by atoms with E-state index in [1.54, 1.807) is 53.7 Å². The predicted molar refractivity (Wildman–Crippen MR) is 109 cm³/mol. The van der Waals surface area contributed by atoms with Crippen LogP contribution >= 0.6 is 11.6 Å². The first-order valence-electron chi connectivity index (χ1n) is 9.54. The summed E-state index contributed by atoms with van der Waals surface area (Å²) in [5, 5.41) is 9.83. The van der Waals surface area contributed by atoms with Gasteiger partial charge in [-0.1, -0.05) is 17.7 Å². The van der Waals surface area contributed by atoms with Crippen molar-refractivity contribution in [3.63, 3.8) is 0 Å². The molecule has 2 heterocycles. The number of hydrogen-bond acceptors (Lipinski definition) is 6. The lowest BCUT2D eigenvalue weighted by molar-refractivity contribution is -0.00534. The van der Waals surface area contributed by atoms with Crippen molar-refractivity contribution in [2.45, 2.75) is 65.3 Å². The minimum atomic E-state index is -0.713. The summed E-state index contributed by atoms with van der Waals surface area (Å²) in [6.45, 7) is 10.9.